The summed E-state index contributed by atoms with van der Waals surface area (Å²) >= 11 is 0. The molecule has 4 aliphatic heterocycles. The molecule has 1 spiro atoms. The number of aromatic nitrogens is 1. The van der Waals surface area contributed by atoms with E-state index in [4.69, 9.17) is 9.47 Å². The number of para-hydroxylation sites is 1. The van der Waals surface area contributed by atoms with Crippen LogP contribution in [0.2, 0.25) is 0 Å². The molecule has 1 aromatic heterocycles. The molecule has 9 heteroatoms. The summed E-state index contributed by atoms with van der Waals surface area (Å²) in [6, 6.07) is 16.5. The van der Waals surface area contributed by atoms with E-state index in [0.717, 1.165) is 27.6 Å². The van der Waals surface area contributed by atoms with E-state index in [1.165, 1.54) is 4.90 Å². The van der Waals surface area contributed by atoms with E-state index in [-0.39, 0.29) is 11.8 Å². The SMILES string of the molecule is Cc1ccc2c(c1C)NC(=O)[C@@]21N[C@@H](Cc2c[nH]c3ccccc23)[C@H]2C(=O)N(c3ccc4c(c3)OCCO4)C(=O)[C@H]21. The molecule has 4 aromatic rings. The summed E-state index contributed by atoms with van der Waals surface area (Å²) in [4.78, 5) is 47.3. The predicted octanol–water partition coefficient (Wildman–Crippen LogP) is 3.72. The molecule has 3 aromatic carbocycles. The number of hydrogen-bond donors (Lipinski definition) is 3. The highest BCUT2D eigenvalue weighted by Gasteiger charge is 2.70. The summed E-state index contributed by atoms with van der Waals surface area (Å²) in [5.74, 6) is -1.62. The molecule has 0 bridgehead atoms. The second-order valence-electron chi connectivity index (χ2n) is 11.3. The van der Waals surface area contributed by atoms with Crippen LogP contribution in [-0.2, 0) is 26.3 Å². The van der Waals surface area contributed by atoms with E-state index >= 15 is 0 Å². The zero-order valence-corrected chi connectivity index (χ0v) is 22.6. The first-order valence-electron chi connectivity index (χ1n) is 13.9. The Balaban J connectivity index is 1.27. The van der Waals surface area contributed by atoms with Crippen LogP contribution in [0.15, 0.2) is 60.8 Å². The zero-order chi connectivity index (χ0) is 28.0. The fraction of sp³-hybridized carbons (Fsp3) is 0.281. The van der Waals surface area contributed by atoms with Crippen molar-refractivity contribution in [3.8, 4) is 11.5 Å². The number of hydrogen-bond acceptors (Lipinski definition) is 6. The molecule has 3 N–H and O–H groups in total. The Labute approximate surface area is 235 Å². The van der Waals surface area contributed by atoms with Crippen molar-refractivity contribution in [2.75, 3.05) is 23.4 Å². The van der Waals surface area contributed by atoms with Crippen molar-refractivity contribution in [1.29, 1.82) is 0 Å². The topological polar surface area (TPSA) is 113 Å². The first-order valence-corrected chi connectivity index (χ1v) is 13.9. The van der Waals surface area contributed by atoms with Crippen molar-refractivity contribution in [2.24, 2.45) is 11.8 Å². The molecule has 2 saturated heterocycles. The number of fused-ring (bicyclic) bond motifs is 6. The average molecular weight is 549 g/mol. The van der Waals surface area contributed by atoms with Gasteiger partial charge in [-0.05, 0) is 55.2 Å². The number of H-pyrrole nitrogens is 1. The summed E-state index contributed by atoms with van der Waals surface area (Å²) in [6.45, 7) is 4.78. The van der Waals surface area contributed by atoms with Gasteiger partial charge in [0.2, 0.25) is 17.7 Å². The van der Waals surface area contributed by atoms with E-state index in [0.29, 0.717) is 48.1 Å². The average Bonchev–Trinajstić information content (AvgIpc) is 3.69. The third kappa shape index (κ3) is 3.18. The lowest BCUT2D eigenvalue weighted by molar-refractivity contribution is -0.130. The van der Waals surface area contributed by atoms with E-state index < -0.39 is 29.3 Å². The molecule has 206 valence electrons. The molecule has 0 saturated carbocycles. The van der Waals surface area contributed by atoms with Crippen molar-refractivity contribution < 1.29 is 23.9 Å². The van der Waals surface area contributed by atoms with E-state index in [1.807, 2.05) is 56.4 Å². The standard InChI is InChI=1S/C32H28N4O5/c1-16-7-9-21-28(17(16)2)34-31(39)32(21)27-26(23(35-32)13-18-15-33-22-6-4-3-5-20(18)22)29(37)36(30(27)38)19-8-10-24-25(14-19)41-12-11-40-24/h3-10,14-15,23,26-27,33,35H,11-13H2,1-2H3,(H,34,39)/t23-,26+,27-,32+/m0/s1. The van der Waals surface area contributed by atoms with Crippen molar-refractivity contribution >= 4 is 40.0 Å². The number of anilines is 2. The van der Waals surface area contributed by atoms with Crippen LogP contribution in [0.25, 0.3) is 10.9 Å². The number of amides is 3. The van der Waals surface area contributed by atoms with Crippen LogP contribution in [0.1, 0.15) is 22.3 Å². The summed E-state index contributed by atoms with van der Waals surface area (Å²) in [5.41, 5.74) is 4.48. The Hall–Kier alpha value is -4.63. The number of ether oxygens (including phenoxy) is 2. The third-order valence-corrected chi connectivity index (χ3v) is 9.32. The molecule has 3 amide bonds. The van der Waals surface area contributed by atoms with E-state index in [9.17, 15) is 14.4 Å². The van der Waals surface area contributed by atoms with Crippen molar-refractivity contribution in [3.63, 3.8) is 0 Å². The zero-order valence-electron chi connectivity index (χ0n) is 22.6. The van der Waals surface area contributed by atoms with Gasteiger partial charge in [0.1, 0.15) is 18.8 Å². The van der Waals surface area contributed by atoms with Gasteiger partial charge in [-0.25, -0.2) is 4.90 Å². The lowest BCUT2D eigenvalue weighted by atomic mass is 9.75. The van der Waals surface area contributed by atoms with Crippen LogP contribution >= 0.6 is 0 Å². The molecule has 0 unspecified atom stereocenters. The van der Waals surface area contributed by atoms with Gasteiger partial charge in [0.05, 0.1) is 17.5 Å². The van der Waals surface area contributed by atoms with Crippen LogP contribution < -0.4 is 25.0 Å². The number of nitrogens with zero attached hydrogens (tertiary/aromatic N) is 1. The second-order valence-corrected chi connectivity index (χ2v) is 11.3. The Morgan fingerprint density at radius 3 is 2.61 bits per heavy atom. The van der Waals surface area contributed by atoms with Gasteiger partial charge in [-0.2, -0.15) is 0 Å². The lowest BCUT2D eigenvalue weighted by Crippen LogP contribution is -2.53. The Morgan fingerprint density at radius 1 is 0.951 bits per heavy atom. The van der Waals surface area contributed by atoms with Gasteiger partial charge in [0.25, 0.3) is 0 Å². The van der Waals surface area contributed by atoms with Gasteiger partial charge < -0.3 is 19.8 Å². The molecule has 41 heavy (non-hydrogen) atoms. The number of rotatable bonds is 3. The highest BCUT2D eigenvalue weighted by atomic mass is 16.6. The first-order chi connectivity index (χ1) is 19.9. The number of carbonyl (C=O) groups excluding carboxylic acids is 3. The summed E-state index contributed by atoms with van der Waals surface area (Å²) < 4.78 is 11.4. The molecule has 9 nitrogen and oxygen atoms in total. The molecule has 0 aliphatic carbocycles. The van der Waals surface area contributed by atoms with Crippen molar-refractivity contribution in [3.05, 3.63) is 83.0 Å². The maximum Gasteiger partial charge on any atom is 0.250 e. The smallest absolute Gasteiger partial charge is 0.250 e. The summed E-state index contributed by atoms with van der Waals surface area (Å²) in [6.07, 6.45) is 2.41. The van der Waals surface area contributed by atoms with Crippen molar-refractivity contribution in [1.82, 2.24) is 10.3 Å². The number of imide groups is 1. The van der Waals surface area contributed by atoms with Crippen LogP contribution in [0, 0.1) is 25.7 Å². The number of aryl methyl sites for hydroxylation is 1. The molecule has 8 rings (SSSR count). The minimum absolute atomic E-state index is 0.303. The molecular formula is C32H28N4O5. The number of aromatic amines is 1. The van der Waals surface area contributed by atoms with Crippen LogP contribution in [-0.4, -0.2) is 42.0 Å². The minimum atomic E-state index is -1.37. The lowest BCUT2D eigenvalue weighted by Gasteiger charge is -2.30. The molecular weight excluding hydrogens is 520 g/mol. The van der Waals surface area contributed by atoms with Crippen LogP contribution in [0.4, 0.5) is 11.4 Å². The van der Waals surface area contributed by atoms with Gasteiger partial charge in [0, 0.05) is 40.5 Å². The maximum absolute atomic E-state index is 14.4. The van der Waals surface area contributed by atoms with Crippen LogP contribution in [0.3, 0.4) is 0 Å². The van der Waals surface area contributed by atoms with Crippen molar-refractivity contribution in [2.45, 2.75) is 31.8 Å². The summed E-state index contributed by atoms with van der Waals surface area (Å²) in [7, 11) is 0. The minimum Gasteiger partial charge on any atom is -0.486 e. The molecule has 2 fully saturated rings. The predicted molar refractivity (Wildman–Crippen MR) is 152 cm³/mol. The fourth-order valence-corrected chi connectivity index (χ4v) is 7.26. The molecule has 4 aliphatic rings. The Kier molecular flexibility index (Phi) is 4.98. The largest absolute Gasteiger partial charge is 0.486 e. The quantitative estimate of drug-likeness (QED) is 0.337. The maximum atomic E-state index is 14.4. The van der Waals surface area contributed by atoms with Crippen LogP contribution in [0.5, 0.6) is 11.5 Å². The molecule has 4 atom stereocenters. The third-order valence-electron chi connectivity index (χ3n) is 9.32. The van der Waals surface area contributed by atoms with Gasteiger partial charge in [0.15, 0.2) is 11.5 Å². The summed E-state index contributed by atoms with van der Waals surface area (Å²) in [5, 5.41) is 7.68. The number of nitrogens with one attached hydrogen (secondary N) is 3. The highest BCUT2D eigenvalue weighted by Crippen LogP contribution is 2.55. The number of carbonyl (C=O) groups is 3. The first kappa shape index (κ1) is 24.2. The van der Waals surface area contributed by atoms with Gasteiger partial charge in [-0.15, -0.1) is 0 Å². The van der Waals surface area contributed by atoms with Gasteiger partial charge >= 0.3 is 0 Å². The fourth-order valence-electron chi connectivity index (χ4n) is 7.26. The normalized spacial score (nSPS) is 26.1. The Morgan fingerprint density at radius 2 is 1.76 bits per heavy atom. The Bertz CT molecular complexity index is 1810. The van der Waals surface area contributed by atoms with Gasteiger partial charge in [-0.3, -0.25) is 19.7 Å². The second kappa shape index (κ2) is 8.44. The molecule has 0 radical (unpaired) electrons. The van der Waals surface area contributed by atoms with E-state index in [2.05, 4.69) is 15.6 Å². The molecule has 5 heterocycles. The highest BCUT2D eigenvalue weighted by molar-refractivity contribution is 6.26. The monoisotopic (exact) mass is 548 g/mol. The number of benzene rings is 3. The van der Waals surface area contributed by atoms with E-state index in [1.54, 1.807) is 18.2 Å². The van der Waals surface area contributed by atoms with Gasteiger partial charge in [-0.1, -0.05) is 30.3 Å².